The summed E-state index contributed by atoms with van der Waals surface area (Å²) < 4.78 is 9.57. The van der Waals surface area contributed by atoms with Crippen LogP contribution in [0, 0.1) is 6.92 Å². The first kappa shape index (κ1) is 17.4. The van der Waals surface area contributed by atoms with E-state index in [1.165, 1.54) is 18.2 Å². The first-order valence-corrected chi connectivity index (χ1v) is 6.84. The zero-order chi connectivity index (χ0) is 15.8. The highest BCUT2D eigenvalue weighted by Gasteiger charge is 2.19. The van der Waals surface area contributed by atoms with Crippen molar-refractivity contribution in [1.82, 2.24) is 9.88 Å². The van der Waals surface area contributed by atoms with Crippen molar-refractivity contribution >= 4 is 23.5 Å². The van der Waals surface area contributed by atoms with Crippen LogP contribution in [0.1, 0.15) is 22.5 Å². The molecule has 1 rings (SSSR count). The molecule has 7 heteroatoms. The number of nitrogens with zero attached hydrogens (tertiary/aromatic N) is 2. The Morgan fingerprint density at radius 1 is 1.33 bits per heavy atom. The highest BCUT2D eigenvalue weighted by molar-refractivity contribution is 6.33. The van der Waals surface area contributed by atoms with E-state index in [4.69, 9.17) is 16.3 Å². The number of aromatic nitrogens is 1. The molecule has 0 bridgehead atoms. The van der Waals surface area contributed by atoms with Crippen LogP contribution in [-0.2, 0) is 14.3 Å². The Bertz CT molecular complexity index is 508. The van der Waals surface area contributed by atoms with Gasteiger partial charge in [-0.3, -0.25) is 14.6 Å². The van der Waals surface area contributed by atoms with Gasteiger partial charge in [-0.2, -0.15) is 0 Å². The van der Waals surface area contributed by atoms with Crippen LogP contribution in [0.5, 0.6) is 0 Å². The Labute approximate surface area is 129 Å². The van der Waals surface area contributed by atoms with Crippen LogP contribution in [0.4, 0.5) is 0 Å². The average molecular weight is 315 g/mol. The lowest BCUT2D eigenvalue weighted by Crippen LogP contribution is -2.36. The molecule has 0 unspecified atom stereocenters. The molecule has 0 aliphatic carbocycles. The first-order valence-electron chi connectivity index (χ1n) is 6.46. The van der Waals surface area contributed by atoms with Crippen molar-refractivity contribution in [3.8, 4) is 0 Å². The van der Waals surface area contributed by atoms with Crippen LogP contribution in [0.15, 0.2) is 12.3 Å². The lowest BCUT2D eigenvalue weighted by Gasteiger charge is -2.22. The first-order chi connectivity index (χ1) is 9.99. The van der Waals surface area contributed by atoms with Gasteiger partial charge in [0.2, 0.25) is 0 Å². The van der Waals surface area contributed by atoms with Gasteiger partial charge in [-0.15, -0.1) is 0 Å². The van der Waals surface area contributed by atoms with Crippen molar-refractivity contribution in [3.63, 3.8) is 0 Å². The maximum absolute atomic E-state index is 12.5. The Morgan fingerprint density at radius 2 is 2.05 bits per heavy atom. The van der Waals surface area contributed by atoms with Gasteiger partial charge in [0, 0.05) is 32.1 Å². The molecule has 0 atom stereocenters. The highest BCUT2D eigenvalue weighted by Crippen LogP contribution is 2.18. The summed E-state index contributed by atoms with van der Waals surface area (Å²) in [6.45, 7) is 2.75. The fraction of sp³-hybridized carbons (Fsp3) is 0.500. The van der Waals surface area contributed by atoms with Crippen LogP contribution in [0.25, 0.3) is 0 Å². The van der Waals surface area contributed by atoms with Crippen molar-refractivity contribution in [3.05, 3.63) is 28.5 Å². The van der Waals surface area contributed by atoms with Gasteiger partial charge < -0.3 is 14.4 Å². The van der Waals surface area contributed by atoms with Gasteiger partial charge in [-0.05, 0) is 13.0 Å². The molecule has 0 N–H and O–H groups in total. The molecule has 0 fully saturated rings. The Morgan fingerprint density at radius 3 is 2.62 bits per heavy atom. The number of methoxy groups -OCH3 is 2. The van der Waals surface area contributed by atoms with Crippen LogP contribution >= 0.6 is 11.6 Å². The standard InChI is InChI=1S/C14H19ClN2O4/c1-10-8-12(15)11(9-16-10)14(19)17(6-7-20-2)5-4-13(18)21-3/h8-9H,4-7H2,1-3H3. The molecule has 116 valence electrons. The monoisotopic (exact) mass is 314 g/mol. The molecule has 1 amide bonds. The van der Waals surface area contributed by atoms with E-state index in [1.807, 2.05) is 0 Å². The lowest BCUT2D eigenvalue weighted by atomic mass is 10.2. The largest absolute Gasteiger partial charge is 0.469 e. The number of hydrogen-bond donors (Lipinski definition) is 0. The maximum Gasteiger partial charge on any atom is 0.307 e. The molecular weight excluding hydrogens is 296 g/mol. The van der Waals surface area contributed by atoms with E-state index in [9.17, 15) is 9.59 Å². The number of pyridine rings is 1. The van der Waals surface area contributed by atoms with Crippen LogP contribution in [0.2, 0.25) is 5.02 Å². The SMILES string of the molecule is COCCN(CCC(=O)OC)C(=O)c1cnc(C)cc1Cl. The fourth-order valence-corrected chi connectivity index (χ4v) is 1.99. The topological polar surface area (TPSA) is 68.7 Å². The molecule has 1 heterocycles. The number of esters is 1. The van der Waals surface area contributed by atoms with Gasteiger partial charge >= 0.3 is 5.97 Å². The fourth-order valence-electron chi connectivity index (χ4n) is 1.70. The second-order valence-corrected chi connectivity index (χ2v) is 4.82. The molecule has 0 radical (unpaired) electrons. The number of hydrogen-bond acceptors (Lipinski definition) is 5. The zero-order valence-corrected chi connectivity index (χ0v) is 13.1. The van der Waals surface area contributed by atoms with E-state index < -0.39 is 0 Å². The average Bonchev–Trinajstić information content (AvgIpc) is 2.46. The van der Waals surface area contributed by atoms with Crippen molar-refractivity contribution in [2.75, 3.05) is 33.9 Å². The van der Waals surface area contributed by atoms with Crippen molar-refractivity contribution in [1.29, 1.82) is 0 Å². The van der Waals surface area contributed by atoms with Gasteiger partial charge in [0.1, 0.15) is 0 Å². The minimum Gasteiger partial charge on any atom is -0.469 e. The van der Waals surface area contributed by atoms with Gasteiger partial charge in [0.15, 0.2) is 0 Å². The second kappa shape index (κ2) is 8.59. The Balaban J connectivity index is 2.85. The molecule has 0 aliphatic rings. The van der Waals surface area contributed by atoms with Crippen molar-refractivity contribution in [2.24, 2.45) is 0 Å². The van der Waals surface area contributed by atoms with E-state index in [0.717, 1.165) is 5.69 Å². The third-order valence-electron chi connectivity index (χ3n) is 2.89. The number of rotatable bonds is 7. The molecule has 0 aromatic carbocycles. The molecule has 0 spiro atoms. The lowest BCUT2D eigenvalue weighted by molar-refractivity contribution is -0.140. The molecule has 6 nitrogen and oxygen atoms in total. The normalized spacial score (nSPS) is 10.3. The number of amides is 1. The number of halogens is 1. The minimum absolute atomic E-state index is 0.114. The third kappa shape index (κ3) is 5.32. The molecule has 1 aromatic heterocycles. The minimum atomic E-state index is -0.377. The summed E-state index contributed by atoms with van der Waals surface area (Å²) in [5.41, 5.74) is 1.04. The van der Waals surface area contributed by atoms with Crippen molar-refractivity contribution in [2.45, 2.75) is 13.3 Å². The summed E-state index contributed by atoms with van der Waals surface area (Å²) in [4.78, 5) is 29.3. The summed E-state index contributed by atoms with van der Waals surface area (Å²) in [5.74, 6) is -0.660. The molecule has 0 aliphatic heterocycles. The van der Waals surface area contributed by atoms with E-state index in [0.29, 0.717) is 23.7 Å². The number of carbonyl (C=O) groups excluding carboxylic acids is 2. The predicted molar refractivity (Wildman–Crippen MR) is 78.4 cm³/mol. The number of aryl methyl sites for hydroxylation is 1. The summed E-state index contributed by atoms with van der Waals surface area (Å²) in [5, 5.41) is 0.341. The summed E-state index contributed by atoms with van der Waals surface area (Å²) in [7, 11) is 2.85. The second-order valence-electron chi connectivity index (χ2n) is 4.42. The molecule has 21 heavy (non-hydrogen) atoms. The van der Waals surface area contributed by atoms with Gasteiger partial charge in [0.25, 0.3) is 5.91 Å². The van der Waals surface area contributed by atoms with Crippen molar-refractivity contribution < 1.29 is 19.1 Å². The van der Waals surface area contributed by atoms with Gasteiger partial charge in [0.05, 0.1) is 30.7 Å². The van der Waals surface area contributed by atoms with E-state index in [1.54, 1.807) is 20.1 Å². The van der Waals surface area contributed by atoms with Crippen LogP contribution < -0.4 is 0 Å². The third-order valence-corrected chi connectivity index (χ3v) is 3.20. The smallest absolute Gasteiger partial charge is 0.307 e. The zero-order valence-electron chi connectivity index (χ0n) is 12.4. The predicted octanol–water partition coefficient (Wildman–Crippen LogP) is 1.70. The van der Waals surface area contributed by atoms with E-state index in [2.05, 4.69) is 9.72 Å². The maximum atomic E-state index is 12.5. The van der Waals surface area contributed by atoms with E-state index in [-0.39, 0.29) is 24.8 Å². The Hall–Kier alpha value is -1.66. The number of carbonyl (C=O) groups is 2. The van der Waals surface area contributed by atoms with E-state index >= 15 is 0 Å². The number of ether oxygens (including phenoxy) is 2. The summed E-state index contributed by atoms with van der Waals surface area (Å²) in [6.07, 6.45) is 1.56. The van der Waals surface area contributed by atoms with Crippen LogP contribution in [0.3, 0.4) is 0 Å². The Kier molecular flexibility index (Phi) is 7.11. The highest BCUT2D eigenvalue weighted by atomic mass is 35.5. The van der Waals surface area contributed by atoms with Crippen LogP contribution in [-0.4, -0.2) is 55.7 Å². The van der Waals surface area contributed by atoms with Gasteiger partial charge in [-0.25, -0.2) is 0 Å². The van der Waals surface area contributed by atoms with Gasteiger partial charge in [-0.1, -0.05) is 11.6 Å². The summed E-state index contributed by atoms with van der Waals surface area (Å²) >= 11 is 6.08. The quantitative estimate of drug-likeness (QED) is 0.716. The molecule has 0 saturated heterocycles. The molecular formula is C14H19ClN2O4. The molecule has 0 saturated carbocycles. The summed E-state index contributed by atoms with van der Waals surface area (Å²) in [6, 6.07) is 1.63. The molecule has 1 aromatic rings.